The Morgan fingerprint density at radius 3 is 2.10 bits per heavy atom. The molecule has 0 spiro atoms. The molecular formula is C23H23BrFN3O2. The zero-order valence-corrected chi connectivity index (χ0v) is 18.3. The van der Waals surface area contributed by atoms with Gasteiger partial charge >= 0.3 is 0 Å². The van der Waals surface area contributed by atoms with Crippen molar-refractivity contribution in [3.05, 3.63) is 89.8 Å². The molecule has 0 saturated carbocycles. The fraction of sp³-hybridized carbons (Fsp3) is 0.174. The molecule has 0 saturated heterocycles. The van der Waals surface area contributed by atoms with E-state index in [4.69, 9.17) is 14.9 Å². The third-order valence-corrected chi connectivity index (χ3v) is 4.90. The second-order valence-corrected chi connectivity index (χ2v) is 6.67. The number of nitrogens with one attached hydrogen (secondary N) is 1. The summed E-state index contributed by atoms with van der Waals surface area (Å²) in [7, 11) is 1.62. The largest absolute Gasteiger partial charge is 0.497 e. The maximum Gasteiger partial charge on any atom is 0.203 e. The molecule has 1 N–H and O–H groups in total. The van der Waals surface area contributed by atoms with Crippen molar-refractivity contribution in [1.29, 1.82) is 5.41 Å². The number of hydrogen-bond donors (Lipinski definition) is 1. The fourth-order valence-corrected chi connectivity index (χ4v) is 3.40. The maximum atomic E-state index is 14.1. The van der Waals surface area contributed by atoms with Crippen LogP contribution in [0.5, 0.6) is 11.5 Å². The van der Waals surface area contributed by atoms with Gasteiger partial charge < -0.3 is 18.6 Å². The van der Waals surface area contributed by atoms with Gasteiger partial charge in [-0.05, 0) is 42.5 Å². The van der Waals surface area contributed by atoms with E-state index in [1.807, 2.05) is 63.7 Å². The molecule has 0 bridgehead atoms. The maximum absolute atomic E-state index is 14.1. The first kappa shape index (κ1) is 21.6. The van der Waals surface area contributed by atoms with Crippen LogP contribution in [0.2, 0.25) is 0 Å². The number of aromatic nitrogens is 2. The van der Waals surface area contributed by atoms with E-state index in [-0.39, 0.29) is 22.8 Å². The molecule has 1 heterocycles. The van der Waals surface area contributed by atoms with E-state index in [1.165, 1.54) is 6.07 Å². The van der Waals surface area contributed by atoms with Crippen LogP contribution in [0.1, 0.15) is 5.56 Å². The van der Waals surface area contributed by atoms with Crippen LogP contribution in [-0.2, 0) is 13.1 Å². The third kappa shape index (κ3) is 4.41. The molecule has 0 aliphatic carbocycles. The summed E-state index contributed by atoms with van der Waals surface area (Å²) in [5.41, 5.74) is 2.69. The zero-order chi connectivity index (χ0) is 20.2. The minimum absolute atomic E-state index is 0. The number of para-hydroxylation sites is 2. The van der Waals surface area contributed by atoms with Crippen molar-refractivity contribution in [3.8, 4) is 11.5 Å². The number of fused-ring (bicyclic) bond motifs is 1. The van der Waals surface area contributed by atoms with Gasteiger partial charge in [0.1, 0.15) is 23.9 Å². The van der Waals surface area contributed by atoms with Crippen molar-refractivity contribution < 1.29 is 13.9 Å². The number of rotatable bonds is 7. The van der Waals surface area contributed by atoms with Crippen molar-refractivity contribution in [1.82, 2.24) is 9.13 Å². The van der Waals surface area contributed by atoms with Crippen molar-refractivity contribution in [2.75, 3.05) is 13.7 Å². The zero-order valence-electron chi connectivity index (χ0n) is 16.5. The van der Waals surface area contributed by atoms with E-state index in [9.17, 15) is 4.39 Å². The summed E-state index contributed by atoms with van der Waals surface area (Å²) in [6.45, 7) is 1.23. The molecule has 4 rings (SSSR count). The van der Waals surface area contributed by atoms with Crippen LogP contribution in [0.15, 0.2) is 72.8 Å². The van der Waals surface area contributed by atoms with Gasteiger partial charge in [0, 0.05) is 5.56 Å². The van der Waals surface area contributed by atoms with E-state index in [0.717, 1.165) is 22.5 Å². The summed E-state index contributed by atoms with van der Waals surface area (Å²) >= 11 is 0. The summed E-state index contributed by atoms with van der Waals surface area (Å²) < 4.78 is 28.8. The molecule has 5 nitrogen and oxygen atoms in total. The Morgan fingerprint density at radius 2 is 1.43 bits per heavy atom. The van der Waals surface area contributed by atoms with Crippen LogP contribution in [-0.4, -0.2) is 22.9 Å². The second kappa shape index (κ2) is 9.63. The Hall–Kier alpha value is -3.06. The SMILES string of the molecule is Br.COc1ccc(OCCn2c(=N)n(Cc3ccccc3F)c3ccccc32)cc1. The number of halogens is 2. The Balaban J connectivity index is 0.00000256. The lowest BCUT2D eigenvalue weighted by molar-refractivity contribution is 0.296. The molecule has 156 valence electrons. The highest BCUT2D eigenvalue weighted by Gasteiger charge is 2.12. The van der Waals surface area contributed by atoms with Crippen LogP contribution < -0.4 is 15.1 Å². The average molecular weight is 472 g/mol. The number of ether oxygens (including phenoxy) is 2. The van der Waals surface area contributed by atoms with Crippen LogP contribution in [0.25, 0.3) is 11.0 Å². The molecule has 7 heteroatoms. The van der Waals surface area contributed by atoms with E-state index < -0.39 is 0 Å². The van der Waals surface area contributed by atoms with Crippen molar-refractivity contribution in [2.45, 2.75) is 13.1 Å². The molecule has 30 heavy (non-hydrogen) atoms. The van der Waals surface area contributed by atoms with Gasteiger partial charge in [-0.1, -0.05) is 30.3 Å². The van der Waals surface area contributed by atoms with Crippen molar-refractivity contribution >= 4 is 28.0 Å². The van der Waals surface area contributed by atoms with Gasteiger partial charge in [-0.3, -0.25) is 5.41 Å². The smallest absolute Gasteiger partial charge is 0.203 e. The van der Waals surface area contributed by atoms with Crippen LogP contribution in [0.4, 0.5) is 4.39 Å². The molecular weight excluding hydrogens is 449 g/mol. The molecule has 0 aliphatic heterocycles. The second-order valence-electron chi connectivity index (χ2n) is 6.67. The lowest BCUT2D eigenvalue weighted by Crippen LogP contribution is -2.27. The standard InChI is InChI=1S/C23H22FN3O2.BrH/c1-28-18-10-12-19(13-11-18)29-15-14-26-21-8-4-5-9-22(21)27(23(26)25)16-17-6-2-3-7-20(17)24;/h2-13,25H,14-16H2,1H3;1H. The number of methoxy groups -OCH3 is 1. The highest BCUT2D eigenvalue weighted by molar-refractivity contribution is 8.93. The minimum Gasteiger partial charge on any atom is -0.497 e. The molecule has 0 fully saturated rings. The minimum atomic E-state index is -0.265. The molecule has 0 atom stereocenters. The topological polar surface area (TPSA) is 52.2 Å². The van der Waals surface area contributed by atoms with E-state index in [2.05, 4.69) is 0 Å². The predicted molar refractivity (Wildman–Crippen MR) is 120 cm³/mol. The highest BCUT2D eigenvalue weighted by Crippen LogP contribution is 2.18. The van der Waals surface area contributed by atoms with E-state index in [0.29, 0.717) is 30.9 Å². The lowest BCUT2D eigenvalue weighted by Gasteiger charge is -2.09. The number of nitrogens with zero attached hydrogens (tertiary/aromatic N) is 2. The van der Waals surface area contributed by atoms with Gasteiger partial charge in [0.25, 0.3) is 0 Å². The molecule has 1 aromatic heterocycles. The summed E-state index contributed by atoms with van der Waals surface area (Å²) in [5.74, 6) is 1.25. The number of hydrogen-bond acceptors (Lipinski definition) is 3. The Morgan fingerprint density at radius 1 is 0.833 bits per heavy atom. The first-order valence-corrected chi connectivity index (χ1v) is 9.40. The fourth-order valence-electron chi connectivity index (χ4n) is 3.40. The first-order valence-electron chi connectivity index (χ1n) is 9.40. The van der Waals surface area contributed by atoms with Gasteiger partial charge in [-0.2, -0.15) is 0 Å². The van der Waals surface area contributed by atoms with Gasteiger partial charge in [0.05, 0.1) is 31.2 Å². The molecule has 0 radical (unpaired) electrons. The normalized spacial score (nSPS) is 10.6. The summed E-state index contributed by atoms with van der Waals surface area (Å²) in [6, 6.07) is 21.9. The van der Waals surface area contributed by atoms with Crippen LogP contribution >= 0.6 is 17.0 Å². The van der Waals surface area contributed by atoms with Gasteiger partial charge in [-0.25, -0.2) is 4.39 Å². The van der Waals surface area contributed by atoms with Gasteiger partial charge in [0.15, 0.2) is 0 Å². The lowest BCUT2D eigenvalue weighted by atomic mass is 10.2. The van der Waals surface area contributed by atoms with E-state index in [1.54, 1.807) is 19.2 Å². The first-order chi connectivity index (χ1) is 14.2. The number of imidazole rings is 1. The monoisotopic (exact) mass is 471 g/mol. The average Bonchev–Trinajstić information content (AvgIpc) is 3.02. The molecule has 4 aromatic rings. The Bertz CT molecular complexity index is 1190. The highest BCUT2D eigenvalue weighted by atomic mass is 79.9. The molecule has 0 amide bonds. The van der Waals surface area contributed by atoms with Crippen LogP contribution in [0, 0.1) is 11.2 Å². The summed E-state index contributed by atoms with van der Waals surface area (Å²) in [6.07, 6.45) is 0. The predicted octanol–water partition coefficient (Wildman–Crippen LogP) is 4.78. The van der Waals surface area contributed by atoms with Gasteiger partial charge in [0.2, 0.25) is 5.62 Å². The Kier molecular flexibility index (Phi) is 6.95. The molecule has 3 aromatic carbocycles. The van der Waals surface area contributed by atoms with Crippen molar-refractivity contribution in [3.63, 3.8) is 0 Å². The van der Waals surface area contributed by atoms with Crippen molar-refractivity contribution in [2.24, 2.45) is 0 Å². The van der Waals surface area contributed by atoms with Crippen LogP contribution in [0.3, 0.4) is 0 Å². The van der Waals surface area contributed by atoms with Gasteiger partial charge in [-0.15, -0.1) is 17.0 Å². The Labute approximate surface area is 184 Å². The quantitative estimate of drug-likeness (QED) is 0.421. The summed E-state index contributed by atoms with van der Waals surface area (Å²) in [4.78, 5) is 0. The molecule has 0 aliphatic rings. The molecule has 0 unspecified atom stereocenters. The number of benzene rings is 3. The summed E-state index contributed by atoms with van der Waals surface area (Å²) in [5, 5.41) is 8.66. The third-order valence-electron chi connectivity index (χ3n) is 4.90. The van der Waals surface area contributed by atoms with E-state index >= 15 is 0 Å².